The van der Waals surface area contributed by atoms with Crippen LogP contribution in [-0.2, 0) is 11.8 Å². The molecule has 24 heavy (non-hydrogen) atoms. The number of carbonyl (C=O) groups excluding carboxylic acids is 1. The smallest absolute Gasteiger partial charge is 0.267 e. The molecule has 5 heteroatoms. The molecule has 4 rings (SSSR count). The van der Waals surface area contributed by atoms with Gasteiger partial charge in [0.05, 0.1) is 12.2 Å². The van der Waals surface area contributed by atoms with Crippen LogP contribution < -0.4 is 5.32 Å². The average molecular weight is 331 g/mol. The summed E-state index contributed by atoms with van der Waals surface area (Å²) < 4.78 is 8.11. The molecule has 1 aliphatic carbocycles. The molecular weight excluding hydrogens is 302 g/mol. The van der Waals surface area contributed by atoms with E-state index in [4.69, 9.17) is 4.74 Å². The van der Waals surface area contributed by atoms with Crippen LogP contribution in [-0.4, -0.2) is 53.3 Å². The Labute approximate surface area is 144 Å². The Morgan fingerprint density at radius 3 is 2.75 bits per heavy atom. The van der Waals surface area contributed by atoms with Crippen molar-refractivity contribution >= 4 is 5.91 Å². The fourth-order valence-corrected chi connectivity index (χ4v) is 4.57. The molecule has 2 saturated heterocycles. The first-order valence-corrected chi connectivity index (χ1v) is 9.43. The minimum Gasteiger partial charge on any atom is -0.372 e. The number of hydrogen-bond donors (Lipinski definition) is 1. The van der Waals surface area contributed by atoms with Crippen molar-refractivity contribution in [2.75, 3.05) is 26.2 Å². The number of ether oxygens (including phenoxy) is 1. The van der Waals surface area contributed by atoms with Crippen LogP contribution in [0, 0.1) is 5.92 Å². The van der Waals surface area contributed by atoms with Crippen LogP contribution in [0.25, 0.3) is 0 Å². The molecule has 5 nitrogen and oxygen atoms in total. The Morgan fingerprint density at radius 2 is 2.12 bits per heavy atom. The van der Waals surface area contributed by atoms with Gasteiger partial charge in [-0.1, -0.05) is 12.8 Å². The van der Waals surface area contributed by atoms with E-state index in [1.807, 2.05) is 29.9 Å². The van der Waals surface area contributed by atoms with Gasteiger partial charge in [0.15, 0.2) is 0 Å². The third-order valence-electron chi connectivity index (χ3n) is 6.18. The second-order valence-corrected chi connectivity index (χ2v) is 7.96. The van der Waals surface area contributed by atoms with Crippen LogP contribution in [0.5, 0.6) is 0 Å². The molecule has 1 N–H and O–H groups in total. The first-order valence-electron chi connectivity index (χ1n) is 9.43. The van der Waals surface area contributed by atoms with Crippen LogP contribution in [0.2, 0.25) is 0 Å². The average Bonchev–Trinajstić information content (AvgIpc) is 3.22. The van der Waals surface area contributed by atoms with Crippen LogP contribution in [0.3, 0.4) is 0 Å². The molecule has 1 aromatic rings. The van der Waals surface area contributed by atoms with Crippen LogP contribution in [0.4, 0.5) is 0 Å². The lowest BCUT2D eigenvalue weighted by Gasteiger charge is -2.55. The number of nitrogens with zero attached hydrogens (tertiary/aromatic N) is 2. The van der Waals surface area contributed by atoms with E-state index in [1.54, 1.807) is 0 Å². The molecule has 0 aromatic carbocycles. The minimum absolute atomic E-state index is 0.0128. The number of rotatable bonds is 4. The van der Waals surface area contributed by atoms with Gasteiger partial charge in [0.25, 0.3) is 5.91 Å². The minimum atomic E-state index is 0.0128. The molecule has 2 aliphatic heterocycles. The summed E-state index contributed by atoms with van der Waals surface area (Å²) in [6.07, 6.45) is 9.76. The third kappa shape index (κ3) is 3.11. The van der Waals surface area contributed by atoms with E-state index in [9.17, 15) is 4.79 Å². The first-order chi connectivity index (χ1) is 11.7. The number of amides is 1. The zero-order valence-electron chi connectivity index (χ0n) is 14.7. The Hall–Kier alpha value is -1.33. The lowest BCUT2D eigenvalue weighted by Crippen LogP contribution is -2.67. The summed E-state index contributed by atoms with van der Waals surface area (Å²) in [6.45, 7) is 3.75. The van der Waals surface area contributed by atoms with Crippen molar-refractivity contribution in [1.29, 1.82) is 0 Å². The second-order valence-electron chi connectivity index (χ2n) is 7.96. The lowest BCUT2D eigenvalue weighted by molar-refractivity contribution is -0.188. The first kappa shape index (κ1) is 16.2. The third-order valence-corrected chi connectivity index (χ3v) is 6.18. The number of likely N-dealkylation sites (tertiary alicyclic amines) is 1. The van der Waals surface area contributed by atoms with Gasteiger partial charge in [0, 0.05) is 38.9 Å². The highest BCUT2D eigenvalue weighted by molar-refractivity contribution is 5.92. The number of hydrogen-bond acceptors (Lipinski definition) is 3. The quantitative estimate of drug-likeness (QED) is 0.920. The van der Waals surface area contributed by atoms with E-state index >= 15 is 0 Å². The van der Waals surface area contributed by atoms with Crippen LogP contribution >= 0.6 is 0 Å². The predicted octanol–water partition coefficient (Wildman–Crippen LogP) is 2.18. The van der Waals surface area contributed by atoms with Crippen molar-refractivity contribution in [1.82, 2.24) is 14.8 Å². The summed E-state index contributed by atoms with van der Waals surface area (Å²) in [7, 11) is 1.90. The Kier molecular flexibility index (Phi) is 4.39. The van der Waals surface area contributed by atoms with Gasteiger partial charge in [-0.3, -0.25) is 9.69 Å². The van der Waals surface area contributed by atoms with Crippen molar-refractivity contribution in [3.05, 3.63) is 24.0 Å². The lowest BCUT2D eigenvalue weighted by atomic mass is 9.82. The normalized spacial score (nSPS) is 27.3. The molecule has 3 heterocycles. The van der Waals surface area contributed by atoms with E-state index in [-0.39, 0.29) is 11.5 Å². The van der Waals surface area contributed by atoms with E-state index in [1.165, 1.54) is 25.7 Å². The summed E-state index contributed by atoms with van der Waals surface area (Å²) in [5.41, 5.74) is 0.843. The molecule has 132 valence electrons. The molecule has 0 radical (unpaired) electrons. The predicted molar refractivity (Wildman–Crippen MR) is 93.0 cm³/mol. The highest BCUT2D eigenvalue weighted by atomic mass is 16.5. The second kappa shape index (κ2) is 6.52. The number of carbonyl (C=O) groups is 1. The molecule has 0 bridgehead atoms. The Balaban J connectivity index is 1.20. The van der Waals surface area contributed by atoms with E-state index in [0.29, 0.717) is 12.5 Å². The summed E-state index contributed by atoms with van der Waals surface area (Å²) in [5, 5.41) is 3.06. The maximum Gasteiger partial charge on any atom is 0.267 e. The fourth-order valence-electron chi connectivity index (χ4n) is 4.57. The molecule has 1 amide bonds. The standard InChI is InChI=1S/C19H29N3O2/c1-21-10-4-7-17(21)18(23)20-11-15-8-9-19(24-12-15)13-22(14-19)16-5-2-3-6-16/h4,7,10,15-16H,2-3,5-6,8-9,11-14H2,1H3,(H,20,23)/t15-/m1/s1. The summed E-state index contributed by atoms with van der Waals surface area (Å²) >= 11 is 0. The van der Waals surface area contributed by atoms with Crippen LogP contribution in [0.15, 0.2) is 18.3 Å². The monoisotopic (exact) mass is 331 g/mol. The van der Waals surface area contributed by atoms with Gasteiger partial charge in [0.2, 0.25) is 0 Å². The van der Waals surface area contributed by atoms with E-state index in [2.05, 4.69) is 10.2 Å². The number of aromatic nitrogens is 1. The fraction of sp³-hybridized carbons (Fsp3) is 0.737. The summed E-state index contributed by atoms with van der Waals surface area (Å²) in [4.78, 5) is 14.8. The van der Waals surface area contributed by atoms with Gasteiger partial charge in [-0.25, -0.2) is 0 Å². The van der Waals surface area contributed by atoms with Gasteiger partial charge in [-0.2, -0.15) is 0 Å². The van der Waals surface area contributed by atoms with Crippen molar-refractivity contribution < 1.29 is 9.53 Å². The molecule has 1 saturated carbocycles. The molecule has 1 aromatic heterocycles. The Morgan fingerprint density at radius 1 is 1.33 bits per heavy atom. The van der Waals surface area contributed by atoms with Gasteiger partial charge in [-0.05, 0) is 43.7 Å². The van der Waals surface area contributed by atoms with E-state index < -0.39 is 0 Å². The molecule has 3 fully saturated rings. The van der Waals surface area contributed by atoms with Crippen molar-refractivity contribution in [2.45, 2.75) is 50.2 Å². The topological polar surface area (TPSA) is 46.5 Å². The number of nitrogens with one attached hydrogen (secondary N) is 1. The maximum atomic E-state index is 12.2. The van der Waals surface area contributed by atoms with Gasteiger partial charge in [-0.15, -0.1) is 0 Å². The van der Waals surface area contributed by atoms with Gasteiger partial charge >= 0.3 is 0 Å². The molecule has 0 unspecified atom stereocenters. The highest BCUT2D eigenvalue weighted by Crippen LogP contribution is 2.39. The molecule has 1 spiro atoms. The van der Waals surface area contributed by atoms with E-state index in [0.717, 1.165) is 44.3 Å². The zero-order valence-corrected chi connectivity index (χ0v) is 14.7. The molecular formula is C19H29N3O2. The van der Waals surface area contributed by atoms with Gasteiger partial charge in [0.1, 0.15) is 5.69 Å². The summed E-state index contributed by atoms with van der Waals surface area (Å²) in [5.74, 6) is 0.458. The van der Waals surface area contributed by atoms with Crippen molar-refractivity contribution in [3.63, 3.8) is 0 Å². The molecule has 1 atom stereocenters. The summed E-state index contributed by atoms with van der Waals surface area (Å²) in [6, 6.07) is 4.57. The van der Waals surface area contributed by atoms with Gasteiger partial charge < -0.3 is 14.6 Å². The highest BCUT2D eigenvalue weighted by Gasteiger charge is 2.48. The molecule has 3 aliphatic rings. The van der Waals surface area contributed by atoms with Crippen molar-refractivity contribution in [3.8, 4) is 0 Å². The SMILES string of the molecule is Cn1cccc1C(=O)NC[C@H]1CCC2(CN(C3CCCC3)C2)OC1. The zero-order chi connectivity index (χ0) is 16.6. The maximum absolute atomic E-state index is 12.2. The Bertz CT molecular complexity index is 575. The number of aryl methyl sites for hydroxylation is 1. The van der Waals surface area contributed by atoms with Crippen molar-refractivity contribution in [2.24, 2.45) is 13.0 Å². The largest absolute Gasteiger partial charge is 0.372 e. The van der Waals surface area contributed by atoms with Crippen LogP contribution in [0.1, 0.15) is 49.0 Å².